The molecule has 0 unspecified atom stereocenters. The molecule has 2 aromatic rings. The first-order valence-corrected chi connectivity index (χ1v) is 5.24. The van der Waals surface area contributed by atoms with Gasteiger partial charge >= 0.3 is 0 Å². The van der Waals surface area contributed by atoms with E-state index < -0.39 is 0 Å². The molecule has 102 valence electrons. The highest BCUT2D eigenvalue weighted by atomic mass is 16.5. The van der Waals surface area contributed by atoms with Crippen molar-refractivity contribution in [1.29, 1.82) is 0 Å². The van der Waals surface area contributed by atoms with Crippen LogP contribution in [0.5, 0.6) is 11.5 Å². The summed E-state index contributed by atoms with van der Waals surface area (Å²) in [5.41, 5.74) is 13.6. The molecule has 0 saturated carbocycles. The first kappa shape index (κ1) is 16.5. The summed E-state index contributed by atoms with van der Waals surface area (Å²) in [7, 11) is 0. The number of nitrogens with two attached hydrogens (primary N) is 2. The lowest BCUT2D eigenvalue weighted by Crippen LogP contribution is -1.94. The summed E-state index contributed by atoms with van der Waals surface area (Å²) >= 11 is 0. The van der Waals surface area contributed by atoms with Crippen molar-refractivity contribution in [3.63, 3.8) is 0 Å². The fourth-order valence-electron chi connectivity index (χ4n) is 1.46. The summed E-state index contributed by atoms with van der Waals surface area (Å²) < 4.78 is 5.65. The van der Waals surface area contributed by atoms with Gasteiger partial charge in [0.1, 0.15) is 11.5 Å². The maximum Gasteiger partial charge on any atom is 0.150 e. The summed E-state index contributed by atoms with van der Waals surface area (Å²) in [5.74, 6) is 1.33. The molecule has 0 amide bonds. The van der Waals surface area contributed by atoms with Crippen LogP contribution < -0.4 is 28.5 Å². The fourth-order valence-corrected chi connectivity index (χ4v) is 1.46. The molecule has 5 nitrogen and oxygen atoms in total. The number of rotatable bonds is 3. The monoisotopic (exact) mass is 260 g/mol. The van der Waals surface area contributed by atoms with E-state index in [1.807, 2.05) is 24.3 Å². The summed E-state index contributed by atoms with van der Waals surface area (Å²) in [4.78, 5) is 0. The van der Waals surface area contributed by atoms with E-state index in [0.717, 1.165) is 11.3 Å². The highest BCUT2D eigenvalue weighted by Gasteiger charge is 2.02. The Kier molecular flexibility index (Phi) is 6.12. The van der Waals surface area contributed by atoms with E-state index >= 15 is 0 Å². The minimum absolute atomic E-state index is 0. The number of nitrogen functional groups attached to an aromatic ring is 2. The zero-order valence-electron chi connectivity index (χ0n) is 10.8. The maximum atomic E-state index is 5.80. The molecule has 0 bridgehead atoms. The van der Waals surface area contributed by atoms with Gasteiger partial charge in [-0.05, 0) is 35.9 Å². The smallest absolute Gasteiger partial charge is 0.150 e. The van der Waals surface area contributed by atoms with Gasteiger partial charge in [-0.3, -0.25) is 0 Å². The SMILES string of the molecule is C=Cc1ccc(Oc2ccc(N)cc2N)cc1.N.N. The number of hydrogen-bond donors (Lipinski definition) is 4. The largest absolute Gasteiger partial charge is 0.455 e. The van der Waals surface area contributed by atoms with Crippen molar-refractivity contribution < 1.29 is 4.74 Å². The summed E-state index contributed by atoms with van der Waals surface area (Å²) in [6.45, 7) is 3.69. The van der Waals surface area contributed by atoms with E-state index in [1.165, 1.54) is 0 Å². The molecule has 19 heavy (non-hydrogen) atoms. The van der Waals surface area contributed by atoms with Crippen molar-refractivity contribution in [3.8, 4) is 11.5 Å². The zero-order valence-corrected chi connectivity index (χ0v) is 10.8. The minimum atomic E-state index is 0. The van der Waals surface area contributed by atoms with E-state index in [-0.39, 0.29) is 12.3 Å². The molecule has 10 N–H and O–H groups in total. The Morgan fingerprint density at radius 2 is 1.58 bits per heavy atom. The van der Waals surface area contributed by atoms with Crippen molar-refractivity contribution in [2.75, 3.05) is 11.5 Å². The number of hydrogen-bond acceptors (Lipinski definition) is 5. The minimum Gasteiger partial charge on any atom is -0.455 e. The van der Waals surface area contributed by atoms with E-state index in [2.05, 4.69) is 6.58 Å². The van der Waals surface area contributed by atoms with Crippen molar-refractivity contribution in [1.82, 2.24) is 12.3 Å². The summed E-state index contributed by atoms with van der Waals surface area (Å²) in [5, 5.41) is 0. The molecule has 0 atom stereocenters. The molecule has 5 heteroatoms. The lowest BCUT2D eigenvalue weighted by atomic mass is 10.2. The van der Waals surface area contributed by atoms with E-state index in [9.17, 15) is 0 Å². The van der Waals surface area contributed by atoms with E-state index in [0.29, 0.717) is 17.1 Å². The Morgan fingerprint density at radius 3 is 2.11 bits per heavy atom. The molecule has 0 aliphatic heterocycles. The van der Waals surface area contributed by atoms with Gasteiger partial charge in [0, 0.05) is 5.69 Å². The van der Waals surface area contributed by atoms with Crippen LogP contribution in [0.4, 0.5) is 11.4 Å². The van der Waals surface area contributed by atoms with Crippen LogP contribution in [0.25, 0.3) is 6.08 Å². The Balaban J connectivity index is 0.00000162. The fraction of sp³-hybridized carbons (Fsp3) is 0. The molecule has 2 rings (SSSR count). The van der Waals surface area contributed by atoms with Crippen molar-refractivity contribution in [3.05, 3.63) is 54.6 Å². The van der Waals surface area contributed by atoms with E-state index in [1.54, 1.807) is 24.3 Å². The topological polar surface area (TPSA) is 131 Å². The van der Waals surface area contributed by atoms with Gasteiger partial charge in [-0.1, -0.05) is 24.8 Å². The van der Waals surface area contributed by atoms with Crippen LogP contribution in [0.1, 0.15) is 5.56 Å². The first-order chi connectivity index (χ1) is 8.19. The zero-order chi connectivity index (χ0) is 12.3. The van der Waals surface area contributed by atoms with Crippen LogP contribution in [0, 0.1) is 0 Å². The maximum absolute atomic E-state index is 5.80. The van der Waals surface area contributed by atoms with Gasteiger partial charge in [0.05, 0.1) is 5.69 Å². The third-order valence-electron chi connectivity index (χ3n) is 2.38. The van der Waals surface area contributed by atoms with Gasteiger partial charge in [0.2, 0.25) is 0 Å². The second kappa shape index (κ2) is 7.05. The molecule has 0 saturated heterocycles. The quantitative estimate of drug-likeness (QED) is 0.626. The van der Waals surface area contributed by atoms with E-state index in [4.69, 9.17) is 16.2 Å². The molecule has 0 radical (unpaired) electrons. The van der Waals surface area contributed by atoms with Gasteiger partial charge in [0.15, 0.2) is 0 Å². The molecule has 0 heterocycles. The van der Waals surface area contributed by atoms with Gasteiger partial charge in [-0.25, -0.2) is 0 Å². The van der Waals surface area contributed by atoms with Crippen molar-refractivity contribution >= 4 is 17.5 Å². The molecule has 0 aliphatic rings. The number of benzene rings is 2. The molecule has 0 aromatic heterocycles. The van der Waals surface area contributed by atoms with Gasteiger partial charge < -0.3 is 28.5 Å². The van der Waals surface area contributed by atoms with Crippen LogP contribution in [0.3, 0.4) is 0 Å². The Bertz CT molecular complexity index is 538. The Hall–Kier alpha value is -2.50. The van der Waals surface area contributed by atoms with Crippen molar-refractivity contribution in [2.45, 2.75) is 0 Å². The molecule has 0 spiro atoms. The van der Waals surface area contributed by atoms with Crippen LogP contribution >= 0.6 is 0 Å². The average molecular weight is 260 g/mol. The van der Waals surface area contributed by atoms with Crippen LogP contribution in [0.15, 0.2) is 49.0 Å². The highest BCUT2D eigenvalue weighted by Crippen LogP contribution is 2.29. The second-order valence-electron chi connectivity index (χ2n) is 3.67. The Labute approximate surface area is 113 Å². The third kappa shape index (κ3) is 4.02. The third-order valence-corrected chi connectivity index (χ3v) is 2.38. The normalized spacial score (nSPS) is 8.84. The summed E-state index contributed by atoms with van der Waals surface area (Å²) in [6, 6.07) is 12.8. The Morgan fingerprint density at radius 1 is 0.947 bits per heavy atom. The van der Waals surface area contributed by atoms with Crippen LogP contribution in [-0.2, 0) is 0 Å². The first-order valence-electron chi connectivity index (χ1n) is 5.24. The van der Waals surface area contributed by atoms with Crippen LogP contribution in [-0.4, -0.2) is 0 Å². The molecular weight excluding hydrogens is 240 g/mol. The van der Waals surface area contributed by atoms with Crippen LogP contribution in [0.2, 0.25) is 0 Å². The predicted molar refractivity (Wildman–Crippen MR) is 81.9 cm³/mol. The highest BCUT2D eigenvalue weighted by molar-refractivity contribution is 5.61. The summed E-state index contributed by atoms with van der Waals surface area (Å²) in [6.07, 6.45) is 1.78. The van der Waals surface area contributed by atoms with Crippen molar-refractivity contribution in [2.24, 2.45) is 0 Å². The standard InChI is InChI=1S/C14H14N2O.2H3N/c1-2-10-3-6-12(7-4-10)17-14-8-5-11(15)9-13(14)16;;/h2-9H,1,15-16H2;2*1H3. The lowest BCUT2D eigenvalue weighted by Gasteiger charge is -2.09. The number of anilines is 2. The van der Waals surface area contributed by atoms with Gasteiger partial charge in [-0.2, -0.15) is 0 Å². The second-order valence-corrected chi connectivity index (χ2v) is 3.67. The predicted octanol–water partition coefficient (Wildman–Crippen LogP) is 3.61. The molecule has 2 aromatic carbocycles. The van der Waals surface area contributed by atoms with Gasteiger partial charge in [0.25, 0.3) is 0 Å². The molecule has 0 aliphatic carbocycles. The molecular formula is C14H20N4O. The van der Waals surface area contributed by atoms with Gasteiger partial charge in [-0.15, -0.1) is 0 Å². The molecule has 0 fully saturated rings. The average Bonchev–Trinajstić information content (AvgIpc) is 2.34. The lowest BCUT2D eigenvalue weighted by molar-refractivity contribution is 0.485. The number of ether oxygens (including phenoxy) is 1.